The van der Waals surface area contributed by atoms with Crippen LogP contribution in [0.1, 0.15) is 22.3 Å². The summed E-state index contributed by atoms with van der Waals surface area (Å²) in [6.45, 7) is 0. The van der Waals surface area contributed by atoms with Crippen LogP contribution in [0.2, 0.25) is 0 Å². The van der Waals surface area contributed by atoms with Crippen molar-refractivity contribution in [3.8, 4) is 33.6 Å². The average molecular weight is 725 g/mol. The minimum Gasteiger partial charge on any atom is -0.309 e. The highest BCUT2D eigenvalue weighted by atomic mass is 15.0. The van der Waals surface area contributed by atoms with Crippen molar-refractivity contribution in [2.45, 2.75) is 5.41 Å². The van der Waals surface area contributed by atoms with Crippen LogP contribution in [0.4, 0.5) is 0 Å². The van der Waals surface area contributed by atoms with Crippen molar-refractivity contribution in [1.29, 1.82) is 0 Å². The third-order valence-corrected chi connectivity index (χ3v) is 12.4. The molecule has 2 heterocycles. The van der Waals surface area contributed by atoms with Gasteiger partial charge in [0.2, 0.25) is 0 Å². The van der Waals surface area contributed by atoms with E-state index in [0.29, 0.717) is 0 Å². The minimum absolute atomic E-state index is 0.545. The van der Waals surface area contributed by atoms with Crippen LogP contribution in [0.15, 0.2) is 218 Å². The van der Waals surface area contributed by atoms with Crippen LogP contribution in [-0.2, 0) is 5.41 Å². The summed E-state index contributed by atoms with van der Waals surface area (Å²) in [6.07, 6.45) is 0. The molecule has 0 saturated heterocycles. The molecule has 0 radical (unpaired) electrons. The first-order valence-electron chi connectivity index (χ1n) is 19.8. The third-order valence-electron chi connectivity index (χ3n) is 12.4. The molecule has 266 valence electrons. The summed E-state index contributed by atoms with van der Waals surface area (Å²) in [6, 6.07) is 80.5. The Morgan fingerprint density at radius 1 is 0.298 bits per heavy atom. The lowest BCUT2D eigenvalue weighted by Crippen LogP contribution is -2.30. The lowest BCUT2D eigenvalue weighted by molar-refractivity contribution is 0.761. The van der Waals surface area contributed by atoms with Crippen molar-refractivity contribution < 1.29 is 0 Å². The van der Waals surface area contributed by atoms with E-state index >= 15 is 0 Å². The van der Waals surface area contributed by atoms with Gasteiger partial charge in [-0.3, -0.25) is 0 Å². The third kappa shape index (κ3) is 4.35. The molecule has 1 aliphatic carbocycles. The number of hydrogen-bond acceptors (Lipinski definition) is 0. The fraction of sp³-hybridized carbons (Fsp3) is 0.0182. The molecule has 0 spiro atoms. The Balaban J connectivity index is 1.24. The van der Waals surface area contributed by atoms with Crippen LogP contribution in [0.3, 0.4) is 0 Å². The molecular formula is C55H36N2. The van der Waals surface area contributed by atoms with Gasteiger partial charge in [0.15, 0.2) is 0 Å². The van der Waals surface area contributed by atoms with Crippen molar-refractivity contribution in [2.24, 2.45) is 0 Å². The number of benzene rings is 9. The smallest absolute Gasteiger partial charge is 0.0733 e. The number of nitrogens with zero attached hydrogens (tertiary/aromatic N) is 2. The molecular weight excluding hydrogens is 689 g/mol. The van der Waals surface area contributed by atoms with Gasteiger partial charge in [-0.15, -0.1) is 0 Å². The van der Waals surface area contributed by atoms with Crippen LogP contribution < -0.4 is 0 Å². The van der Waals surface area contributed by atoms with Gasteiger partial charge in [0, 0.05) is 27.1 Å². The Hall–Kier alpha value is -7.42. The Morgan fingerprint density at radius 3 is 1.51 bits per heavy atom. The van der Waals surface area contributed by atoms with Crippen molar-refractivity contribution in [1.82, 2.24) is 9.13 Å². The first kappa shape index (κ1) is 31.9. The van der Waals surface area contributed by atoms with E-state index in [9.17, 15) is 0 Å². The van der Waals surface area contributed by atoms with E-state index in [1.165, 1.54) is 99.5 Å². The van der Waals surface area contributed by atoms with Gasteiger partial charge in [-0.05, 0) is 69.3 Å². The van der Waals surface area contributed by atoms with Gasteiger partial charge in [-0.25, -0.2) is 0 Å². The number of hydrogen-bond donors (Lipinski definition) is 0. The fourth-order valence-corrected chi connectivity index (χ4v) is 10.2. The summed E-state index contributed by atoms with van der Waals surface area (Å²) in [7, 11) is 0. The van der Waals surface area contributed by atoms with Gasteiger partial charge in [0.1, 0.15) is 0 Å². The van der Waals surface area contributed by atoms with Gasteiger partial charge < -0.3 is 9.13 Å². The van der Waals surface area contributed by atoms with E-state index in [0.717, 1.165) is 0 Å². The fourth-order valence-electron chi connectivity index (χ4n) is 10.2. The lowest BCUT2D eigenvalue weighted by atomic mass is 9.67. The summed E-state index contributed by atoms with van der Waals surface area (Å²) in [5.41, 5.74) is 16.7. The summed E-state index contributed by atoms with van der Waals surface area (Å²) < 4.78 is 5.06. The van der Waals surface area contributed by atoms with Crippen LogP contribution in [0.25, 0.3) is 77.2 Å². The molecule has 9 aromatic carbocycles. The molecule has 0 aliphatic heterocycles. The molecule has 11 aromatic rings. The van der Waals surface area contributed by atoms with E-state index in [2.05, 4.69) is 228 Å². The Labute approximate surface area is 331 Å². The maximum absolute atomic E-state index is 2.54. The second-order valence-corrected chi connectivity index (χ2v) is 15.2. The molecule has 12 rings (SSSR count). The minimum atomic E-state index is -0.545. The molecule has 0 bridgehead atoms. The van der Waals surface area contributed by atoms with Crippen molar-refractivity contribution in [3.05, 3.63) is 241 Å². The zero-order valence-corrected chi connectivity index (χ0v) is 31.2. The maximum atomic E-state index is 2.54. The van der Waals surface area contributed by atoms with Crippen LogP contribution >= 0.6 is 0 Å². The Morgan fingerprint density at radius 2 is 0.807 bits per heavy atom. The lowest BCUT2D eigenvalue weighted by Gasteiger charge is -2.35. The van der Waals surface area contributed by atoms with Gasteiger partial charge in [0.05, 0.1) is 38.9 Å². The first-order valence-corrected chi connectivity index (χ1v) is 19.8. The molecule has 1 aliphatic rings. The zero-order chi connectivity index (χ0) is 37.5. The highest BCUT2D eigenvalue weighted by molar-refractivity contribution is 6.26. The average Bonchev–Trinajstić information content (AvgIpc) is 3.91. The van der Waals surface area contributed by atoms with E-state index in [1.807, 2.05) is 0 Å². The number of aromatic nitrogens is 2. The van der Waals surface area contributed by atoms with E-state index < -0.39 is 5.41 Å². The van der Waals surface area contributed by atoms with Gasteiger partial charge in [0.25, 0.3) is 0 Å². The van der Waals surface area contributed by atoms with Crippen molar-refractivity contribution in [3.63, 3.8) is 0 Å². The summed E-state index contributed by atoms with van der Waals surface area (Å²) >= 11 is 0. The number of para-hydroxylation sites is 4. The van der Waals surface area contributed by atoms with Gasteiger partial charge >= 0.3 is 0 Å². The maximum Gasteiger partial charge on any atom is 0.0733 e. The molecule has 0 N–H and O–H groups in total. The summed E-state index contributed by atoms with van der Waals surface area (Å²) in [5.74, 6) is 0. The molecule has 2 aromatic heterocycles. The number of rotatable bonds is 5. The molecule has 2 heteroatoms. The van der Waals surface area contributed by atoms with Crippen LogP contribution in [-0.4, -0.2) is 9.13 Å². The van der Waals surface area contributed by atoms with E-state index in [-0.39, 0.29) is 0 Å². The largest absolute Gasteiger partial charge is 0.309 e. The van der Waals surface area contributed by atoms with Crippen molar-refractivity contribution in [2.75, 3.05) is 0 Å². The Bertz CT molecular complexity index is 3300. The standard InChI is InChI=1S/C55H36N2/c1-3-19-37(20-4-1)39-23-9-15-31-48(39)57-49-32-16-10-26-42(49)43-35-36-52-53(54(43)57)44-27-11-17-33-50(44)56(52)51-34-18-14-30-47(51)55(38-21-5-2-6-22-38)45-28-12-7-24-40(45)41-25-8-13-29-46(41)55/h1-36H. The topological polar surface area (TPSA) is 9.86 Å². The highest BCUT2D eigenvalue weighted by Gasteiger charge is 2.47. The van der Waals surface area contributed by atoms with Gasteiger partial charge in [-0.2, -0.15) is 0 Å². The summed E-state index contributed by atoms with van der Waals surface area (Å²) in [5, 5.41) is 4.97. The molecule has 0 amide bonds. The normalized spacial score (nSPS) is 13.1. The van der Waals surface area contributed by atoms with Crippen LogP contribution in [0, 0.1) is 0 Å². The van der Waals surface area contributed by atoms with Crippen molar-refractivity contribution >= 4 is 43.6 Å². The highest BCUT2D eigenvalue weighted by Crippen LogP contribution is 2.57. The monoisotopic (exact) mass is 724 g/mol. The number of fused-ring (bicyclic) bond motifs is 10. The molecule has 0 unspecified atom stereocenters. The Kier molecular flexibility index (Phi) is 6.88. The molecule has 0 saturated carbocycles. The van der Waals surface area contributed by atoms with Crippen LogP contribution in [0.5, 0.6) is 0 Å². The molecule has 2 nitrogen and oxygen atoms in total. The predicted molar refractivity (Wildman–Crippen MR) is 238 cm³/mol. The second-order valence-electron chi connectivity index (χ2n) is 15.2. The quantitative estimate of drug-likeness (QED) is 0.167. The second kappa shape index (κ2) is 12.3. The molecule has 0 fully saturated rings. The molecule has 0 atom stereocenters. The van der Waals surface area contributed by atoms with E-state index in [1.54, 1.807) is 0 Å². The SMILES string of the molecule is c1ccc(-c2ccccc2-n2c3ccccc3c3ccc4c(c5ccccc5n4-c4ccccc4C4(c5ccccc5)c5ccccc5-c5ccccc54)c32)cc1. The summed E-state index contributed by atoms with van der Waals surface area (Å²) in [4.78, 5) is 0. The van der Waals surface area contributed by atoms with E-state index in [4.69, 9.17) is 0 Å². The van der Waals surface area contributed by atoms with Gasteiger partial charge in [-0.1, -0.05) is 188 Å². The molecule has 57 heavy (non-hydrogen) atoms. The predicted octanol–water partition coefficient (Wildman–Crippen LogP) is 13.9. The zero-order valence-electron chi connectivity index (χ0n) is 31.2. The first-order chi connectivity index (χ1) is 28.3.